The number of hydrogen-bond acceptors (Lipinski definition) is 4. The van der Waals surface area contributed by atoms with Gasteiger partial charge >= 0.3 is 0 Å². The van der Waals surface area contributed by atoms with Crippen LogP contribution in [-0.4, -0.2) is 32.5 Å². The average molecular weight is 326 g/mol. The van der Waals surface area contributed by atoms with Crippen LogP contribution in [0.15, 0.2) is 17.7 Å². The van der Waals surface area contributed by atoms with Gasteiger partial charge in [-0.1, -0.05) is 11.6 Å². The molecule has 1 aliphatic rings. The lowest BCUT2D eigenvalue weighted by Crippen LogP contribution is -2.53. The lowest BCUT2D eigenvalue weighted by atomic mass is 9.74. The minimum absolute atomic E-state index is 0.0912. The van der Waals surface area contributed by atoms with E-state index >= 15 is 0 Å². The van der Waals surface area contributed by atoms with Crippen LogP contribution in [0.25, 0.3) is 11.0 Å². The molecule has 1 saturated carbocycles. The van der Waals surface area contributed by atoms with Gasteiger partial charge in [0.25, 0.3) is 0 Å². The highest BCUT2D eigenvalue weighted by atomic mass is 35.5. The number of nitrogens with one attached hydrogen (secondary N) is 1. The molecule has 1 amide bonds. The summed E-state index contributed by atoms with van der Waals surface area (Å²) < 4.78 is 1.85. The second-order valence-corrected chi connectivity index (χ2v) is 6.50. The molecule has 0 saturated heterocycles. The third kappa shape index (κ3) is 2.84. The molecule has 2 N–H and O–H groups in total. The van der Waals surface area contributed by atoms with Crippen molar-refractivity contribution in [3.8, 4) is 0 Å². The first-order chi connectivity index (χ1) is 10.1. The molecule has 1 fully saturated rings. The van der Waals surface area contributed by atoms with E-state index in [-0.39, 0.29) is 18.1 Å². The predicted molar refractivity (Wildman–Crippen MR) is 83.5 cm³/mol. The Morgan fingerprint density at radius 1 is 1.62 bits per heavy atom. The molecule has 0 unspecified atom stereocenters. The summed E-state index contributed by atoms with van der Waals surface area (Å²) in [6.07, 6.45) is 8.57. The quantitative estimate of drug-likeness (QED) is 0.830. The number of fused-ring (bicyclic) bond motifs is 1. The van der Waals surface area contributed by atoms with Gasteiger partial charge < -0.3 is 10.4 Å². The van der Waals surface area contributed by atoms with Crippen LogP contribution in [0.2, 0.25) is 5.15 Å². The van der Waals surface area contributed by atoms with Gasteiger partial charge in [0, 0.05) is 29.8 Å². The lowest BCUT2D eigenvalue weighted by Gasteiger charge is -2.42. The summed E-state index contributed by atoms with van der Waals surface area (Å²) in [6, 6.07) is 0. The smallest absolute Gasteiger partial charge is 0.244 e. The van der Waals surface area contributed by atoms with Crippen LogP contribution in [0.5, 0.6) is 0 Å². The maximum atomic E-state index is 12.1. The highest BCUT2D eigenvalue weighted by molar-refractivity contribution is 7.15. The number of halogens is 1. The molecule has 2 aromatic heterocycles. The molecule has 0 bridgehead atoms. The van der Waals surface area contributed by atoms with Crippen molar-refractivity contribution in [2.75, 3.05) is 6.61 Å². The number of amides is 1. The molecule has 7 heteroatoms. The molecule has 0 radical (unpaired) electrons. The van der Waals surface area contributed by atoms with Gasteiger partial charge in [-0.2, -0.15) is 0 Å². The Morgan fingerprint density at radius 3 is 3.10 bits per heavy atom. The van der Waals surface area contributed by atoms with Crippen LogP contribution >= 0.6 is 22.9 Å². The van der Waals surface area contributed by atoms with Crippen LogP contribution < -0.4 is 5.32 Å². The van der Waals surface area contributed by atoms with E-state index in [9.17, 15) is 4.79 Å². The van der Waals surface area contributed by atoms with Crippen LogP contribution in [-0.2, 0) is 4.79 Å². The summed E-state index contributed by atoms with van der Waals surface area (Å²) in [5.74, 6) is -0.163. The lowest BCUT2D eigenvalue weighted by molar-refractivity contribution is -0.119. The molecule has 21 heavy (non-hydrogen) atoms. The highest BCUT2D eigenvalue weighted by Gasteiger charge is 2.37. The number of thiazole rings is 1. The molecule has 0 spiro atoms. The Balaban J connectivity index is 1.72. The van der Waals surface area contributed by atoms with Crippen molar-refractivity contribution in [2.45, 2.75) is 31.2 Å². The van der Waals surface area contributed by atoms with E-state index in [2.05, 4.69) is 10.3 Å². The SMILES string of the molecule is O=C(C=Cc1c(Cl)nc2sccn12)NC1(CCO)CCC1. The summed E-state index contributed by atoms with van der Waals surface area (Å²) in [6.45, 7) is 0.0912. The molecule has 1 aliphatic carbocycles. The van der Waals surface area contributed by atoms with Gasteiger partial charge in [-0.25, -0.2) is 4.98 Å². The van der Waals surface area contributed by atoms with Crippen molar-refractivity contribution in [3.05, 3.63) is 28.5 Å². The van der Waals surface area contributed by atoms with Gasteiger partial charge in [0.05, 0.1) is 5.69 Å². The average Bonchev–Trinajstić information content (AvgIpc) is 2.95. The van der Waals surface area contributed by atoms with E-state index in [1.165, 1.54) is 17.4 Å². The second-order valence-electron chi connectivity index (χ2n) is 5.27. The zero-order valence-electron chi connectivity index (χ0n) is 11.4. The monoisotopic (exact) mass is 325 g/mol. The van der Waals surface area contributed by atoms with Gasteiger partial charge in [-0.15, -0.1) is 11.3 Å². The van der Waals surface area contributed by atoms with Crippen LogP contribution in [0.4, 0.5) is 0 Å². The van der Waals surface area contributed by atoms with Crippen molar-refractivity contribution >= 4 is 39.9 Å². The Labute approximate surface area is 131 Å². The van der Waals surface area contributed by atoms with Crippen LogP contribution in [0, 0.1) is 0 Å². The number of hydrogen-bond donors (Lipinski definition) is 2. The molecule has 3 rings (SSSR count). The Bertz CT molecular complexity index is 688. The third-order valence-corrected chi connectivity index (χ3v) is 4.97. The van der Waals surface area contributed by atoms with E-state index in [4.69, 9.17) is 16.7 Å². The topological polar surface area (TPSA) is 66.6 Å². The first kappa shape index (κ1) is 14.6. The minimum atomic E-state index is -0.227. The Morgan fingerprint density at radius 2 is 2.43 bits per heavy atom. The van der Waals surface area contributed by atoms with Gasteiger partial charge in [0.1, 0.15) is 0 Å². The predicted octanol–water partition coefficient (Wildman–Crippen LogP) is 2.48. The summed E-state index contributed by atoms with van der Waals surface area (Å²) in [5, 5.41) is 14.4. The zero-order valence-corrected chi connectivity index (χ0v) is 13.0. The zero-order chi connectivity index (χ0) is 14.9. The van der Waals surface area contributed by atoms with Crippen molar-refractivity contribution in [1.82, 2.24) is 14.7 Å². The fourth-order valence-corrected chi connectivity index (χ4v) is 3.64. The number of carbonyl (C=O) groups excluding carboxylic acids is 1. The molecule has 0 aromatic carbocycles. The molecular weight excluding hydrogens is 310 g/mol. The largest absolute Gasteiger partial charge is 0.396 e. The maximum Gasteiger partial charge on any atom is 0.244 e. The number of imidazole rings is 1. The molecule has 0 aliphatic heterocycles. The second kappa shape index (κ2) is 5.79. The van der Waals surface area contributed by atoms with E-state index < -0.39 is 0 Å². The summed E-state index contributed by atoms with van der Waals surface area (Å²) in [5.41, 5.74) is 0.475. The van der Waals surface area contributed by atoms with Gasteiger partial charge in [0.2, 0.25) is 5.91 Å². The third-order valence-electron chi connectivity index (χ3n) is 3.94. The fraction of sp³-hybridized carbons (Fsp3) is 0.429. The number of carbonyl (C=O) groups is 1. The summed E-state index contributed by atoms with van der Waals surface area (Å²) in [4.78, 5) is 17.1. The van der Waals surface area contributed by atoms with Gasteiger partial charge in [-0.3, -0.25) is 9.20 Å². The molecule has 5 nitrogen and oxygen atoms in total. The molecular formula is C14H16ClN3O2S. The molecule has 2 heterocycles. The number of rotatable bonds is 5. The number of nitrogens with zero attached hydrogens (tertiary/aromatic N) is 2. The first-order valence-corrected chi connectivity index (χ1v) is 8.11. The minimum Gasteiger partial charge on any atom is -0.396 e. The number of aromatic nitrogens is 2. The molecule has 0 atom stereocenters. The molecule has 2 aromatic rings. The standard InChI is InChI=1S/C14H16ClN3O2S/c15-12-10(18-7-9-21-13(18)16-12)2-3-11(20)17-14(6-8-19)4-1-5-14/h2-3,7,9,19H,1,4-6,8H2,(H,17,20). The first-order valence-electron chi connectivity index (χ1n) is 6.86. The van der Waals surface area contributed by atoms with E-state index in [1.54, 1.807) is 6.08 Å². The number of aliphatic hydroxyl groups excluding tert-OH is 1. The van der Waals surface area contributed by atoms with Gasteiger partial charge in [0.15, 0.2) is 10.1 Å². The Kier molecular flexibility index (Phi) is 4.01. The summed E-state index contributed by atoms with van der Waals surface area (Å²) >= 11 is 7.56. The van der Waals surface area contributed by atoms with Crippen molar-refractivity contribution in [2.24, 2.45) is 0 Å². The highest BCUT2D eigenvalue weighted by Crippen LogP contribution is 2.34. The molecule has 112 valence electrons. The van der Waals surface area contributed by atoms with Gasteiger partial charge in [-0.05, 0) is 31.8 Å². The van der Waals surface area contributed by atoms with E-state index in [0.29, 0.717) is 17.3 Å². The van der Waals surface area contributed by atoms with Crippen LogP contribution in [0.3, 0.4) is 0 Å². The summed E-state index contributed by atoms with van der Waals surface area (Å²) in [7, 11) is 0. The van der Waals surface area contributed by atoms with Crippen molar-refractivity contribution < 1.29 is 9.90 Å². The van der Waals surface area contributed by atoms with E-state index in [0.717, 1.165) is 24.2 Å². The normalized spacial score (nSPS) is 17.2. The van der Waals surface area contributed by atoms with E-state index in [1.807, 2.05) is 16.0 Å². The maximum absolute atomic E-state index is 12.1. The number of aliphatic hydroxyl groups is 1. The fourth-order valence-electron chi connectivity index (χ4n) is 2.64. The van der Waals surface area contributed by atoms with Crippen molar-refractivity contribution in [1.29, 1.82) is 0 Å². The van der Waals surface area contributed by atoms with Crippen molar-refractivity contribution in [3.63, 3.8) is 0 Å². The Hall–Kier alpha value is -1.37. The van der Waals surface area contributed by atoms with Crippen LogP contribution in [0.1, 0.15) is 31.4 Å².